The van der Waals surface area contributed by atoms with Crippen LogP contribution < -0.4 is 5.32 Å². The number of carbonyl (C=O) groups is 1. The number of nitrogens with zero attached hydrogens (tertiary/aromatic N) is 2. The number of nitrogens with one attached hydrogen (secondary N) is 1. The van der Waals surface area contributed by atoms with Crippen LogP contribution in [0.3, 0.4) is 0 Å². The van der Waals surface area contributed by atoms with Gasteiger partial charge in [-0.1, -0.05) is 13.0 Å². The summed E-state index contributed by atoms with van der Waals surface area (Å²) < 4.78 is 0. The van der Waals surface area contributed by atoms with Crippen molar-refractivity contribution in [2.75, 3.05) is 18.9 Å². The maximum Gasteiger partial charge on any atom is 0.305 e. The molecular formula is C15H21N3O3. The molecule has 1 N–H and O–H groups in total. The second kappa shape index (κ2) is 6.56. The van der Waals surface area contributed by atoms with E-state index in [1.165, 1.54) is 6.07 Å². The monoisotopic (exact) mass is 291 g/mol. The first kappa shape index (κ1) is 15.3. The third-order valence-electron chi connectivity index (χ3n) is 3.96. The second-order valence-corrected chi connectivity index (χ2v) is 5.39. The van der Waals surface area contributed by atoms with E-state index in [1.807, 2.05) is 6.92 Å². The van der Waals surface area contributed by atoms with Gasteiger partial charge in [0.15, 0.2) is 0 Å². The highest BCUT2D eigenvalue weighted by Gasteiger charge is 2.31. The van der Waals surface area contributed by atoms with Crippen molar-refractivity contribution in [3.63, 3.8) is 0 Å². The zero-order valence-corrected chi connectivity index (χ0v) is 12.5. The lowest BCUT2D eigenvalue weighted by Gasteiger charge is -2.34. The van der Waals surface area contributed by atoms with Gasteiger partial charge < -0.3 is 10.2 Å². The highest BCUT2D eigenvalue weighted by atomic mass is 16.6. The molecule has 0 heterocycles. The molecule has 1 fully saturated rings. The molecule has 0 atom stereocenters. The first-order valence-corrected chi connectivity index (χ1v) is 7.34. The molecule has 1 aromatic rings. The van der Waals surface area contributed by atoms with Crippen LogP contribution >= 0.6 is 0 Å². The number of anilines is 1. The topological polar surface area (TPSA) is 75.5 Å². The fourth-order valence-corrected chi connectivity index (χ4v) is 2.44. The summed E-state index contributed by atoms with van der Waals surface area (Å²) in [6.45, 7) is 2.62. The molecule has 1 aliphatic rings. The fraction of sp³-hybridized carbons (Fsp3) is 0.533. The van der Waals surface area contributed by atoms with Crippen LogP contribution in [0, 0.1) is 10.1 Å². The molecule has 1 aliphatic carbocycles. The summed E-state index contributed by atoms with van der Waals surface area (Å²) in [6, 6.07) is 5.08. The Bertz CT molecular complexity index is 541. The molecule has 0 saturated heterocycles. The molecule has 6 nitrogen and oxygen atoms in total. The molecule has 0 spiro atoms. The van der Waals surface area contributed by atoms with E-state index in [9.17, 15) is 14.9 Å². The van der Waals surface area contributed by atoms with Gasteiger partial charge >= 0.3 is 5.69 Å². The van der Waals surface area contributed by atoms with E-state index in [4.69, 9.17) is 0 Å². The van der Waals surface area contributed by atoms with Gasteiger partial charge in [-0.3, -0.25) is 14.9 Å². The van der Waals surface area contributed by atoms with E-state index in [0.29, 0.717) is 12.2 Å². The Labute approximate surface area is 124 Å². The number of hydrogen-bond donors (Lipinski definition) is 1. The molecule has 21 heavy (non-hydrogen) atoms. The van der Waals surface area contributed by atoms with Crippen molar-refractivity contribution in [1.29, 1.82) is 0 Å². The Hall–Kier alpha value is -2.11. The van der Waals surface area contributed by atoms with Crippen molar-refractivity contribution in [2.45, 2.75) is 38.6 Å². The molecule has 2 rings (SSSR count). The Balaban J connectivity index is 2.32. The number of rotatable bonds is 6. The molecule has 0 aromatic heterocycles. The van der Waals surface area contributed by atoms with Crippen LogP contribution in [0.2, 0.25) is 0 Å². The minimum absolute atomic E-state index is 0.123. The van der Waals surface area contributed by atoms with Gasteiger partial charge in [-0.2, -0.15) is 0 Å². The Morgan fingerprint density at radius 1 is 1.48 bits per heavy atom. The van der Waals surface area contributed by atoms with Gasteiger partial charge in [0.25, 0.3) is 5.91 Å². The highest BCUT2D eigenvalue weighted by Crippen LogP contribution is 2.31. The molecule has 1 saturated carbocycles. The van der Waals surface area contributed by atoms with Crippen LogP contribution in [-0.2, 0) is 0 Å². The van der Waals surface area contributed by atoms with E-state index in [0.717, 1.165) is 25.7 Å². The van der Waals surface area contributed by atoms with E-state index in [-0.39, 0.29) is 23.2 Å². The molecule has 0 aliphatic heterocycles. The van der Waals surface area contributed by atoms with Crippen LogP contribution in [-0.4, -0.2) is 35.4 Å². The molecule has 1 aromatic carbocycles. The quantitative estimate of drug-likeness (QED) is 0.645. The largest absolute Gasteiger partial charge is 0.379 e. The smallest absolute Gasteiger partial charge is 0.305 e. The van der Waals surface area contributed by atoms with Gasteiger partial charge in [-0.25, -0.2) is 0 Å². The lowest BCUT2D eigenvalue weighted by Crippen LogP contribution is -2.41. The van der Waals surface area contributed by atoms with Crippen LogP contribution in [0.1, 0.15) is 43.0 Å². The van der Waals surface area contributed by atoms with Gasteiger partial charge in [0.05, 0.1) is 4.92 Å². The van der Waals surface area contributed by atoms with E-state index < -0.39 is 4.92 Å². The summed E-state index contributed by atoms with van der Waals surface area (Å²) >= 11 is 0. The average Bonchev–Trinajstić information content (AvgIpc) is 2.41. The molecule has 114 valence electrons. The van der Waals surface area contributed by atoms with E-state index in [2.05, 4.69) is 5.32 Å². The Morgan fingerprint density at radius 2 is 2.19 bits per heavy atom. The fourth-order valence-electron chi connectivity index (χ4n) is 2.44. The van der Waals surface area contributed by atoms with Crippen LogP contribution in [0.5, 0.6) is 0 Å². The van der Waals surface area contributed by atoms with Gasteiger partial charge in [0, 0.05) is 19.6 Å². The minimum atomic E-state index is -0.472. The van der Waals surface area contributed by atoms with Gasteiger partial charge in [-0.15, -0.1) is 0 Å². The molecule has 0 bridgehead atoms. The highest BCUT2D eigenvalue weighted by molar-refractivity contribution is 6.00. The Morgan fingerprint density at radius 3 is 2.71 bits per heavy atom. The van der Waals surface area contributed by atoms with E-state index in [1.54, 1.807) is 24.1 Å². The third-order valence-corrected chi connectivity index (χ3v) is 3.96. The van der Waals surface area contributed by atoms with Gasteiger partial charge in [0.2, 0.25) is 0 Å². The summed E-state index contributed by atoms with van der Waals surface area (Å²) in [4.78, 5) is 25.1. The van der Waals surface area contributed by atoms with Gasteiger partial charge in [-0.05, 0) is 37.8 Å². The molecule has 6 heteroatoms. The van der Waals surface area contributed by atoms with Gasteiger partial charge in [0.1, 0.15) is 11.3 Å². The van der Waals surface area contributed by atoms with Crippen molar-refractivity contribution < 1.29 is 9.72 Å². The van der Waals surface area contributed by atoms with Crippen LogP contribution in [0.4, 0.5) is 11.4 Å². The molecule has 0 radical (unpaired) electrons. The SMILES string of the molecule is CCCNc1cccc(C(=O)N(C)C2CCC2)c1[N+](=O)[O-]. The van der Waals surface area contributed by atoms with Crippen molar-refractivity contribution >= 4 is 17.3 Å². The number of benzene rings is 1. The predicted octanol–water partition coefficient (Wildman–Crippen LogP) is 3.04. The molecule has 1 amide bonds. The molecular weight excluding hydrogens is 270 g/mol. The van der Waals surface area contributed by atoms with E-state index >= 15 is 0 Å². The van der Waals surface area contributed by atoms with Crippen molar-refractivity contribution in [3.05, 3.63) is 33.9 Å². The lowest BCUT2D eigenvalue weighted by molar-refractivity contribution is -0.384. The Kier molecular flexibility index (Phi) is 4.77. The first-order chi connectivity index (χ1) is 10.1. The summed E-state index contributed by atoms with van der Waals surface area (Å²) in [5.41, 5.74) is 0.451. The maximum absolute atomic E-state index is 12.5. The van der Waals surface area contributed by atoms with Crippen LogP contribution in [0.15, 0.2) is 18.2 Å². The number of amides is 1. The third kappa shape index (κ3) is 3.15. The zero-order valence-electron chi connectivity index (χ0n) is 12.5. The summed E-state index contributed by atoms with van der Waals surface area (Å²) in [7, 11) is 1.72. The average molecular weight is 291 g/mol. The lowest BCUT2D eigenvalue weighted by atomic mass is 9.91. The summed E-state index contributed by atoms with van der Waals surface area (Å²) in [6.07, 6.45) is 3.92. The normalized spacial score (nSPS) is 14.4. The number of carbonyl (C=O) groups excluding carboxylic acids is 1. The van der Waals surface area contributed by atoms with Crippen molar-refractivity contribution in [1.82, 2.24) is 4.90 Å². The summed E-state index contributed by atoms with van der Waals surface area (Å²) in [5, 5.41) is 14.4. The predicted molar refractivity (Wildman–Crippen MR) is 81.6 cm³/mol. The number of para-hydroxylation sites is 1. The second-order valence-electron chi connectivity index (χ2n) is 5.39. The number of hydrogen-bond acceptors (Lipinski definition) is 4. The number of nitro groups is 1. The van der Waals surface area contributed by atoms with Crippen LogP contribution in [0.25, 0.3) is 0 Å². The first-order valence-electron chi connectivity index (χ1n) is 7.34. The molecule has 0 unspecified atom stereocenters. The van der Waals surface area contributed by atoms with Crippen molar-refractivity contribution in [2.24, 2.45) is 0 Å². The number of nitro benzene ring substituents is 1. The zero-order chi connectivity index (χ0) is 15.4. The van der Waals surface area contributed by atoms with Crippen molar-refractivity contribution in [3.8, 4) is 0 Å². The standard InChI is InChI=1S/C15H21N3O3/c1-3-10-16-13-9-5-8-12(14(13)18(20)21)15(19)17(2)11-6-4-7-11/h5,8-9,11,16H,3-4,6-7,10H2,1-2H3. The minimum Gasteiger partial charge on any atom is -0.379 e. The summed E-state index contributed by atoms with van der Waals surface area (Å²) in [5.74, 6) is -0.272. The maximum atomic E-state index is 12.5.